The highest BCUT2D eigenvalue weighted by Crippen LogP contribution is 2.41. The first kappa shape index (κ1) is 13.6. The third-order valence-electron chi connectivity index (χ3n) is 5.40. The second-order valence-corrected chi connectivity index (χ2v) is 7.43. The topological polar surface area (TPSA) is 12.0 Å². The second kappa shape index (κ2) is 5.57. The van der Waals surface area contributed by atoms with Crippen molar-refractivity contribution in [1.29, 1.82) is 0 Å². The molecule has 2 fully saturated rings. The van der Waals surface area contributed by atoms with Crippen molar-refractivity contribution in [1.82, 2.24) is 5.32 Å². The molecule has 0 saturated heterocycles. The molecule has 0 radical (unpaired) electrons. The van der Waals surface area contributed by atoms with E-state index in [-0.39, 0.29) is 0 Å². The Kier molecular flexibility index (Phi) is 4.00. The molecule has 0 heterocycles. The minimum atomic E-state index is 0.745. The first-order valence-corrected chi connectivity index (χ1v) is 8.45. The van der Waals surface area contributed by atoms with E-state index in [0.717, 1.165) is 29.8 Å². The van der Waals surface area contributed by atoms with Gasteiger partial charge < -0.3 is 5.32 Å². The van der Waals surface area contributed by atoms with E-state index in [1.165, 1.54) is 35.7 Å². The van der Waals surface area contributed by atoms with Crippen LogP contribution in [0.3, 0.4) is 0 Å². The molecule has 19 heavy (non-hydrogen) atoms. The lowest BCUT2D eigenvalue weighted by Crippen LogP contribution is -2.46. The Bertz CT molecular complexity index is 439. The average molecular weight is 322 g/mol. The zero-order chi connectivity index (χ0) is 13.4. The molecule has 2 aliphatic rings. The summed E-state index contributed by atoms with van der Waals surface area (Å²) in [4.78, 5) is 0. The largest absolute Gasteiger partial charge is 0.311 e. The van der Waals surface area contributed by atoms with Crippen molar-refractivity contribution in [3.63, 3.8) is 0 Å². The van der Waals surface area contributed by atoms with E-state index >= 15 is 0 Å². The number of hydrogen-bond acceptors (Lipinski definition) is 1. The van der Waals surface area contributed by atoms with Crippen molar-refractivity contribution in [2.24, 2.45) is 11.8 Å². The lowest BCUT2D eigenvalue weighted by atomic mass is 9.75. The van der Waals surface area contributed by atoms with Crippen molar-refractivity contribution < 1.29 is 0 Å². The molecule has 0 aliphatic heterocycles. The van der Waals surface area contributed by atoms with Crippen molar-refractivity contribution in [2.45, 2.75) is 57.5 Å². The molecule has 1 aromatic rings. The van der Waals surface area contributed by atoms with E-state index in [0.29, 0.717) is 0 Å². The SMILES string of the molecule is CC1CCC(NC2CC(c3ccccc3Br)C2)C1C. The Balaban J connectivity index is 1.52. The van der Waals surface area contributed by atoms with E-state index in [2.05, 4.69) is 59.4 Å². The van der Waals surface area contributed by atoms with Crippen molar-refractivity contribution in [2.75, 3.05) is 0 Å². The Morgan fingerprint density at radius 2 is 1.84 bits per heavy atom. The highest BCUT2D eigenvalue weighted by molar-refractivity contribution is 9.10. The Morgan fingerprint density at radius 3 is 2.47 bits per heavy atom. The summed E-state index contributed by atoms with van der Waals surface area (Å²) < 4.78 is 1.28. The van der Waals surface area contributed by atoms with Crippen LogP contribution in [-0.4, -0.2) is 12.1 Å². The number of hydrogen-bond donors (Lipinski definition) is 1. The number of rotatable bonds is 3. The zero-order valence-electron chi connectivity index (χ0n) is 11.9. The van der Waals surface area contributed by atoms with Gasteiger partial charge in [0.15, 0.2) is 0 Å². The molecule has 2 saturated carbocycles. The number of halogens is 1. The van der Waals surface area contributed by atoms with Gasteiger partial charge >= 0.3 is 0 Å². The van der Waals surface area contributed by atoms with Gasteiger partial charge in [-0.1, -0.05) is 48.0 Å². The standard InChI is InChI=1S/C17H24BrN/c1-11-7-8-17(12(11)2)19-14-9-13(10-14)15-5-3-4-6-16(15)18/h3-6,11-14,17,19H,7-10H2,1-2H3. The van der Waals surface area contributed by atoms with Crippen LogP contribution in [-0.2, 0) is 0 Å². The summed E-state index contributed by atoms with van der Waals surface area (Å²) in [6.07, 6.45) is 5.39. The molecule has 0 bridgehead atoms. The summed E-state index contributed by atoms with van der Waals surface area (Å²) in [6.45, 7) is 4.82. The molecule has 104 valence electrons. The Morgan fingerprint density at radius 1 is 1.11 bits per heavy atom. The third-order valence-corrected chi connectivity index (χ3v) is 6.12. The van der Waals surface area contributed by atoms with Crippen LogP contribution in [0, 0.1) is 11.8 Å². The van der Waals surface area contributed by atoms with Crippen LogP contribution in [0.15, 0.2) is 28.7 Å². The fourth-order valence-corrected chi connectivity index (χ4v) is 4.33. The zero-order valence-corrected chi connectivity index (χ0v) is 13.5. The predicted octanol–water partition coefficient (Wildman–Crippen LogP) is 4.72. The van der Waals surface area contributed by atoms with Crippen molar-refractivity contribution in [3.8, 4) is 0 Å². The number of benzene rings is 1. The normalized spacial score (nSPS) is 38.2. The lowest BCUT2D eigenvalue weighted by molar-refractivity contribution is 0.239. The van der Waals surface area contributed by atoms with Gasteiger partial charge in [0.2, 0.25) is 0 Å². The van der Waals surface area contributed by atoms with E-state index in [1.807, 2.05) is 0 Å². The van der Waals surface area contributed by atoms with Gasteiger partial charge in [0, 0.05) is 16.6 Å². The fourth-order valence-electron chi connectivity index (χ4n) is 3.72. The maximum absolute atomic E-state index is 3.90. The van der Waals surface area contributed by atoms with Gasteiger partial charge in [-0.2, -0.15) is 0 Å². The van der Waals surface area contributed by atoms with E-state index in [9.17, 15) is 0 Å². The molecule has 0 spiro atoms. The Labute approximate surface area is 125 Å². The number of nitrogens with one attached hydrogen (secondary N) is 1. The molecular formula is C17H24BrN. The maximum atomic E-state index is 3.90. The Hall–Kier alpha value is -0.340. The molecule has 0 amide bonds. The molecule has 3 rings (SSSR count). The van der Waals surface area contributed by atoms with Crippen LogP contribution in [0.1, 0.15) is 51.0 Å². The lowest BCUT2D eigenvalue weighted by Gasteiger charge is -2.39. The van der Waals surface area contributed by atoms with Crippen molar-refractivity contribution >= 4 is 15.9 Å². The van der Waals surface area contributed by atoms with Gasteiger partial charge in [-0.15, -0.1) is 0 Å². The van der Waals surface area contributed by atoms with Crippen LogP contribution in [0.4, 0.5) is 0 Å². The maximum Gasteiger partial charge on any atom is 0.0210 e. The third kappa shape index (κ3) is 2.75. The van der Waals surface area contributed by atoms with Gasteiger partial charge in [0.05, 0.1) is 0 Å². The van der Waals surface area contributed by atoms with E-state index in [1.54, 1.807) is 0 Å². The van der Waals surface area contributed by atoms with Crippen LogP contribution in [0.5, 0.6) is 0 Å². The summed E-state index contributed by atoms with van der Waals surface area (Å²) in [5.41, 5.74) is 1.49. The fraction of sp³-hybridized carbons (Fsp3) is 0.647. The monoisotopic (exact) mass is 321 g/mol. The average Bonchev–Trinajstić information content (AvgIpc) is 2.66. The first-order chi connectivity index (χ1) is 9.15. The van der Waals surface area contributed by atoms with Gasteiger partial charge in [-0.25, -0.2) is 0 Å². The van der Waals surface area contributed by atoms with Crippen LogP contribution < -0.4 is 5.32 Å². The quantitative estimate of drug-likeness (QED) is 0.849. The van der Waals surface area contributed by atoms with E-state index < -0.39 is 0 Å². The molecule has 2 heteroatoms. The molecule has 1 aromatic carbocycles. The molecule has 0 aromatic heterocycles. The molecular weight excluding hydrogens is 298 g/mol. The minimum absolute atomic E-state index is 0.745. The highest BCUT2D eigenvalue weighted by Gasteiger charge is 2.36. The molecule has 3 unspecified atom stereocenters. The molecule has 1 N–H and O–H groups in total. The summed E-state index contributed by atoms with van der Waals surface area (Å²) in [5, 5.41) is 3.90. The molecule has 2 aliphatic carbocycles. The van der Waals surface area contributed by atoms with Crippen LogP contribution >= 0.6 is 15.9 Å². The summed E-state index contributed by atoms with van der Waals surface area (Å²) in [5.74, 6) is 2.50. The van der Waals surface area contributed by atoms with E-state index in [4.69, 9.17) is 0 Å². The highest BCUT2D eigenvalue weighted by atomic mass is 79.9. The van der Waals surface area contributed by atoms with Gasteiger partial charge in [-0.05, 0) is 55.1 Å². The van der Waals surface area contributed by atoms with Crippen LogP contribution in [0.25, 0.3) is 0 Å². The van der Waals surface area contributed by atoms with Crippen molar-refractivity contribution in [3.05, 3.63) is 34.3 Å². The summed E-state index contributed by atoms with van der Waals surface area (Å²) in [7, 11) is 0. The second-order valence-electron chi connectivity index (χ2n) is 6.57. The van der Waals surface area contributed by atoms with Gasteiger partial charge in [0.1, 0.15) is 0 Å². The smallest absolute Gasteiger partial charge is 0.0210 e. The summed E-state index contributed by atoms with van der Waals surface area (Å²) in [6, 6.07) is 10.2. The summed E-state index contributed by atoms with van der Waals surface area (Å²) >= 11 is 3.68. The minimum Gasteiger partial charge on any atom is -0.311 e. The van der Waals surface area contributed by atoms with Gasteiger partial charge in [0.25, 0.3) is 0 Å². The first-order valence-electron chi connectivity index (χ1n) is 7.65. The predicted molar refractivity (Wildman–Crippen MR) is 84.4 cm³/mol. The molecule has 3 atom stereocenters. The molecule has 1 nitrogen and oxygen atoms in total. The van der Waals surface area contributed by atoms with Crippen LogP contribution in [0.2, 0.25) is 0 Å². The van der Waals surface area contributed by atoms with Gasteiger partial charge in [-0.3, -0.25) is 0 Å².